The maximum absolute atomic E-state index is 12.5. The van der Waals surface area contributed by atoms with Crippen LogP contribution in [0.15, 0.2) is 28.8 Å². The number of benzene rings is 1. The molecule has 1 unspecified atom stereocenters. The Hall–Kier alpha value is -2.90. The van der Waals surface area contributed by atoms with E-state index < -0.39 is 5.97 Å². The van der Waals surface area contributed by atoms with Gasteiger partial charge in [0.05, 0.1) is 5.56 Å². The molecule has 1 aliphatic rings. The third-order valence-corrected chi connectivity index (χ3v) is 4.67. The van der Waals surface area contributed by atoms with E-state index in [9.17, 15) is 9.59 Å². The van der Waals surface area contributed by atoms with E-state index in [0.717, 1.165) is 18.4 Å². The number of likely N-dealkylation sites (tertiary alicyclic amines) is 1. The van der Waals surface area contributed by atoms with Crippen molar-refractivity contribution in [3.05, 3.63) is 47.1 Å². The molecular weight excluding hydrogens is 348 g/mol. The fourth-order valence-corrected chi connectivity index (χ4v) is 3.07. The number of rotatable bonds is 5. The van der Waals surface area contributed by atoms with Crippen molar-refractivity contribution in [3.8, 4) is 0 Å². The highest BCUT2D eigenvalue weighted by Gasteiger charge is 2.28. The van der Waals surface area contributed by atoms with E-state index in [0.29, 0.717) is 31.3 Å². The van der Waals surface area contributed by atoms with E-state index in [2.05, 4.69) is 15.5 Å². The molecule has 3 rings (SSSR count). The molecule has 0 radical (unpaired) electrons. The van der Waals surface area contributed by atoms with Crippen LogP contribution < -0.4 is 5.32 Å². The molecule has 2 N–H and O–H groups in total. The van der Waals surface area contributed by atoms with Gasteiger partial charge in [-0.15, -0.1) is 0 Å². The largest absolute Gasteiger partial charge is 0.478 e. The smallest absolute Gasteiger partial charge is 0.335 e. The number of aromatic nitrogens is 2. The van der Waals surface area contributed by atoms with Crippen molar-refractivity contribution in [3.63, 3.8) is 0 Å². The van der Waals surface area contributed by atoms with Gasteiger partial charge in [0.15, 0.2) is 5.82 Å². The van der Waals surface area contributed by atoms with E-state index in [-0.39, 0.29) is 23.4 Å². The third-order valence-electron chi connectivity index (χ3n) is 4.67. The van der Waals surface area contributed by atoms with Gasteiger partial charge in [-0.05, 0) is 30.5 Å². The maximum Gasteiger partial charge on any atom is 0.335 e. The Morgan fingerprint density at radius 2 is 2.07 bits per heavy atom. The Kier molecular flexibility index (Phi) is 5.73. The lowest BCUT2D eigenvalue weighted by Gasteiger charge is -2.31. The number of carboxylic acid groups (broad SMARTS) is 1. The predicted octanol–water partition coefficient (Wildman–Crippen LogP) is 2.98. The number of hydrogen-bond acceptors (Lipinski definition) is 5. The van der Waals surface area contributed by atoms with Crippen LogP contribution in [0, 0.1) is 0 Å². The number of aromatic carboxylic acids is 1. The van der Waals surface area contributed by atoms with Crippen molar-refractivity contribution >= 4 is 12.0 Å². The summed E-state index contributed by atoms with van der Waals surface area (Å²) in [6, 6.07) is 6.33. The molecule has 27 heavy (non-hydrogen) atoms. The second kappa shape index (κ2) is 8.20. The lowest BCUT2D eigenvalue weighted by molar-refractivity contribution is 0.0697. The Balaban J connectivity index is 1.55. The van der Waals surface area contributed by atoms with Gasteiger partial charge in [0, 0.05) is 31.5 Å². The van der Waals surface area contributed by atoms with E-state index in [1.165, 1.54) is 12.1 Å². The monoisotopic (exact) mass is 372 g/mol. The van der Waals surface area contributed by atoms with E-state index in [4.69, 9.17) is 9.63 Å². The van der Waals surface area contributed by atoms with Crippen LogP contribution in [-0.2, 0) is 6.54 Å². The van der Waals surface area contributed by atoms with Gasteiger partial charge < -0.3 is 19.8 Å². The Morgan fingerprint density at radius 3 is 2.70 bits per heavy atom. The van der Waals surface area contributed by atoms with Gasteiger partial charge in [0.25, 0.3) is 0 Å². The topological polar surface area (TPSA) is 109 Å². The summed E-state index contributed by atoms with van der Waals surface area (Å²) in [5.41, 5.74) is 1.08. The van der Waals surface area contributed by atoms with E-state index >= 15 is 0 Å². The molecule has 0 spiro atoms. The number of nitrogens with zero attached hydrogens (tertiary/aromatic N) is 3. The molecule has 0 aliphatic carbocycles. The second-order valence-corrected chi connectivity index (χ2v) is 7.09. The first-order chi connectivity index (χ1) is 12.9. The number of piperidine rings is 1. The molecule has 1 atom stereocenters. The van der Waals surface area contributed by atoms with Crippen molar-refractivity contribution in [1.29, 1.82) is 0 Å². The first-order valence-corrected chi connectivity index (χ1v) is 9.12. The van der Waals surface area contributed by atoms with Gasteiger partial charge in [0.2, 0.25) is 5.89 Å². The molecule has 1 saturated heterocycles. The zero-order valence-electron chi connectivity index (χ0n) is 15.5. The number of carbonyl (C=O) groups excluding carboxylic acids is 1. The molecule has 1 aromatic carbocycles. The minimum absolute atomic E-state index is 0.0793. The summed E-state index contributed by atoms with van der Waals surface area (Å²) < 4.78 is 5.28. The number of hydrogen-bond donors (Lipinski definition) is 2. The second-order valence-electron chi connectivity index (χ2n) is 7.09. The predicted molar refractivity (Wildman–Crippen MR) is 97.6 cm³/mol. The van der Waals surface area contributed by atoms with Gasteiger partial charge >= 0.3 is 12.0 Å². The molecule has 1 fully saturated rings. The molecule has 0 bridgehead atoms. The highest BCUT2D eigenvalue weighted by molar-refractivity contribution is 5.87. The van der Waals surface area contributed by atoms with E-state index in [1.54, 1.807) is 17.0 Å². The van der Waals surface area contributed by atoms with Gasteiger partial charge in [-0.1, -0.05) is 31.1 Å². The molecule has 144 valence electrons. The fraction of sp³-hybridized carbons (Fsp3) is 0.474. The molecule has 2 heterocycles. The summed E-state index contributed by atoms with van der Waals surface area (Å²) in [6.07, 6.45) is 1.81. The zero-order valence-corrected chi connectivity index (χ0v) is 15.5. The van der Waals surface area contributed by atoms with Crippen LogP contribution in [-0.4, -0.2) is 45.2 Å². The van der Waals surface area contributed by atoms with Crippen molar-refractivity contribution in [2.75, 3.05) is 13.1 Å². The van der Waals surface area contributed by atoms with Crippen LogP contribution in [0.25, 0.3) is 0 Å². The van der Waals surface area contributed by atoms with E-state index in [1.807, 2.05) is 13.8 Å². The molecule has 8 heteroatoms. The van der Waals surface area contributed by atoms with Crippen LogP contribution in [0.1, 0.15) is 66.2 Å². The Labute approximate surface area is 157 Å². The normalized spacial score (nSPS) is 17.1. The number of nitrogens with one attached hydrogen (secondary N) is 1. The number of amides is 2. The summed E-state index contributed by atoms with van der Waals surface area (Å²) >= 11 is 0. The highest BCUT2D eigenvalue weighted by atomic mass is 16.5. The van der Waals surface area contributed by atoms with Crippen molar-refractivity contribution < 1.29 is 19.2 Å². The standard InChI is InChI=1S/C19H24N4O4/c1-12(2)17-21-16(22-27-17)15-4-3-9-23(11-15)19(26)20-10-13-5-7-14(8-6-13)18(24)25/h5-8,12,15H,3-4,9-11H2,1-2H3,(H,20,26)(H,24,25). The molecule has 2 amide bonds. The summed E-state index contributed by atoms with van der Waals surface area (Å²) in [5.74, 6) is 0.584. The van der Waals surface area contributed by atoms with Crippen LogP contribution in [0.4, 0.5) is 4.79 Å². The minimum Gasteiger partial charge on any atom is -0.478 e. The van der Waals surface area contributed by atoms with Crippen LogP contribution in [0.5, 0.6) is 0 Å². The quantitative estimate of drug-likeness (QED) is 0.835. The Bertz CT molecular complexity index is 800. The summed E-state index contributed by atoms with van der Waals surface area (Å²) in [4.78, 5) is 29.6. The van der Waals surface area contributed by atoms with Crippen molar-refractivity contribution in [1.82, 2.24) is 20.4 Å². The molecular formula is C19H24N4O4. The highest BCUT2D eigenvalue weighted by Crippen LogP contribution is 2.26. The first kappa shape index (κ1) is 18.9. The zero-order chi connectivity index (χ0) is 19.4. The number of carboxylic acids is 1. The first-order valence-electron chi connectivity index (χ1n) is 9.12. The van der Waals surface area contributed by atoms with Crippen LogP contribution in [0.3, 0.4) is 0 Å². The van der Waals surface area contributed by atoms with Crippen LogP contribution in [0.2, 0.25) is 0 Å². The molecule has 2 aromatic rings. The molecule has 8 nitrogen and oxygen atoms in total. The minimum atomic E-state index is -0.966. The summed E-state index contributed by atoms with van der Waals surface area (Å²) in [7, 11) is 0. The van der Waals surface area contributed by atoms with Crippen molar-refractivity contribution in [2.24, 2.45) is 0 Å². The SMILES string of the molecule is CC(C)c1nc(C2CCCN(C(=O)NCc3ccc(C(=O)O)cc3)C2)no1. The van der Waals surface area contributed by atoms with Gasteiger partial charge in [-0.2, -0.15) is 4.98 Å². The van der Waals surface area contributed by atoms with Gasteiger partial charge in [0.1, 0.15) is 0 Å². The lowest BCUT2D eigenvalue weighted by Crippen LogP contribution is -2.44. The average Bonchev–Trinajstić information content (AvgIpc) is 3.17. The summed E-state index contributed by atoms with van der Waals surface area (Å²) in [5, 5.41) is 15.9. The fourth-order valence-electron chi connectivity index (χ4n) is 3.07. The van der Waals surface area contributed by atoms with Crippen LogP contribution >= 0.6 is 0 Å². The summed E-state index contributed by atoms with van der Waals surface area (Å²) in [6.45, 7) is 5.59. The molecule has 1 aliphatic heterocycles. The maximum atomic E-state index is 12.5. The Morgan fingerprint density at radius 1 is 1.33 bits per heavy atom. The van der Waals surface area contributed by atoms with Gasteiger partial charge in [-0.25, -0.2) is 9.59 Å². The molecule has 1 aromatic heterocycles. The number of carbonyl (C=O) groups is 2. The van der Waals surface area contributed by atoms with Crippen molar-refractivity contribution in [2.45, 2.75) is 45.1 Å². The number of urea groups is 1. The van der Waals surface area contributed by atoms with Gasteiger partial charge in [-0.3, -0.25) is 0 Å². The average molecular weight is 372 g/mol. The molecule has 0 saturated carbocycles. The lowest BCUT2D eigenvalue weighted by atomic mass is 9.97. The third kappa shape index (κ3) is 4.64.